The average Bonchev–Trinajstić information content (AvgIpc) is 3.33. The number of nitrogens with one attached hydrogen (secondary N) is 1. The molecule has 0 aliphatic carbocycles. The summed E-state index contributed by atoms with van der Waals surface area (Å²) < 4.78 is 57.7. The summed E-state index contributed by atoms with van der Waals surface area (Å²) in [6, 6.07) is 10.0. The molecule has 33 heavy (non-hydrogen) atoms. The highest BCUT2D eigenvalue weighted by atomic mass is 35.5. The molecule has 0 bridgehead atoms. The van der Waals surface area contributed by atoms with Crippen LogP contribution in [0.15, 0.2) is 52.3 Å². The van der Waals surface area contributed by atoms with Gasteiger partial charge in [-0.2, -0.15) is 4.31 Å². The normalized spacial score (nSPS) is 15.0. The van der Waals surface area contributed by atoms with Gasteiger partial charge in [-0.1, -0.05) is 11.6 Å². The molecule has 180 valence electrons. The number of hydrogen-bond acceptors (Lipinski definition) is 6. The maximum absolute atomic E-state index is 12.8. The first-order valence-electron chi connectivity index (χ1n) is 10.3. The van der Waals surface area contributed by atoms with Crippen LogP contribution in [0.25, 0.3) is 0 Å². The van der Waals surface area contributed by atoms with Crippen molar-refractivity contribution in [2.75, 3.05) is 40.3 Å². The fourth-order valence-corrected chi connectivity index (χ4v) is 5.91. The highest BCUT2D eigenvalue weighted by Crippen LogP contribution is 2.25. The maximum Gasteiger partial charge on any atom is 0.252 e. The zero-order chi connectivity index (χ0) is 24.2. The van der Waals surface area contributed by atoms with Crippen molar-refractivity contribution in [1.82, 2.24) is 13.9 Å². The van der Waals surface area contributed by atoms with Gasteiger partial charge < -0.3 is 10.1 Å². The lowest BCUT2D eigenvalue weighted by molar-refractivity contribution is 0.0947. The van der Waals surface area contributed by atoms with E-state index in [1.807, 2.05) is 0 Å². The van der Waals surface area contributed by atoms with Crippen LogP contribution in [-0.4, -0.2) is 71.7 Å². The minimum absolute atomic E-state index is 0.0305. The molecule has 1 N–H and O–H groups in total. The van der Waals surface area contributed by atoms with Gasteiger partial charge in [0.2, 0.25) is 20.0 Å². The van der Waals surface area contributed by atoms with Crippen LogP contribution in [0.3, 0.4) is 0 Å². The summed E-state index contributed by atoms with van der Waals surface area (Å²) in [6.45, 7) is 1.18. The van der Waals surface area contributed by atoms with E-state index >= 15 is 0 Å². The van der Waals surface area contributed by atoms with Crippen LogP contribution in [0.1, 0.15) is 23.2 Å². The van der Waals surface area contributed by atoms with Gasteiger partial charge in [0.1, 0.15) is 12.4 Å². The van der Waals surface area contributed by atoms with Crippen LogP contribution in [0.5, 0.6) is 5.75 Å². The third-order valence-corrected chi connectivity index (χ3v) is 9.20. The van der Waals surface area contributed by atoms with Crippen molar-refractivity contribution in [3.8, 4) is 5.75 Å². The molecule has 1 saturated heterocycles. The Morgan fingerprint density at radius 3 is 2.24 bits per heavy atom. The standard InChI is InChI=1S/C21H26ClN3O6S2/c1-24(2)32(27,28)17-7-5-16(6-8-17)31-14-11-23-21(26)19-15-18(9-10-20(19)22)33(29,30)25-12-3-4-13-25/h5-10,15H,3-4,11-14H2,1-2H3,(H,23,26). The van der Waals surface area contributed by atoms with Crippen LogP contribution < -0.4 is 10.1 Å². The van der Waals surface area contributed by atoms with E-state index in [9.17, 15) is 21.6 Å². The van der Waals surface area contributed by atoms with E-state index in [0.717, 1.165) is 17.1 Å². The van der Waals surface area contributed by atoms with Crippen LogP contribution in [0.4, 0.5) is 0 Å². The number of halogens is 1. The molecular weight excluding hydrogens is 490 g/mol. The first-order valence-corrected chi connectivity index (χ1v) is 13.5. The lowest BCUT2D eigenvalue weighted by Crippen LogP contribution is -2.30. The molecule has 1 aliphatic rings. The van der Waals surface area contributed by atoms with Crippen LogP contribution in [-0.2, 0) is 20.0 Å². The van der Waals surface area contributed by atoms with E-state index < -0.39 is 26.0 Å². The molecule has 2 aromatic rings. The Bertz CT molecular complexity index is 1210. The second-order valence-electron chi connectivity index (χ2n) is 7.62. The molecular formula is C21H26ClN3O6S2. The lowest BCUT2D eigenvalue weighted by atomic mass is 10.2. The summed E-state index contributed by atoms with van der Waals surface area (Å²) >= 11 is 6.13. The minimum Gasteiger partial charge on any atom is -0.492 e. The van der Waals surface area contributed by atoms with E-state index in [2.05, 4.69) is 5.32 Å². The van der Waals surface area contributed by atoms with Gasteiger partial charge in [0.25, 0.3) is 5.91 Å². The number of sulfonamides is 2. The molecule has 3 rings (SSSR count). The van der Waals surface area contributed by atoms with Gasteiger partial charge in [-0.25, -0.2) is 21.1 Å². The summed E-state index contributed by atoms with van der Waals surface area (Å²) in [5, 5.41) is 2.79. The van der Waals surface area contributed by atoms with E-state index in [4.69, 9.17) is 16.3 Å². The van der Waals surface area contributed by atoms with Crippen LogP contribution in [0.2, 0.25) is 5.02 Å². The van der Waals surface area contributed by atoms with Gasteiger partial charge in [0, 0.05) is 27.2 Å². The molecule has 1 aliphatic heterocycles. The van der Waals surface area contributed by atoms with Crippen molar-refractivity contribution in [1.29, 1.82) is 0 Å². The number of rotatable bonds is 9. The minimum atomic E-state index is -3.67. The Hall–Kier alpha value is -2.18. The summed E-state index contributed by atoms with van der Waals surface area (Å²) in [5.74, 6) is -0.0758. The van der Waals surface area contributed by atoms with Gasteiger partial charge in [-0.3, -0.25) is 4.79 Å². The van der Waals surface area contributed by atoms with Crippen molar-refractivity contribution < 1.29 is 26.4 Å². The van der Waals surface area contributed by atoms with Gasteiger partial charge >= 0.3 is 0 Å². The summed E-state index contributed by atoms with van der Waals surface area (Å²) in [6.07, 6.45) is 1.63. The van der Waals surface area contributed by atoms with Crippen LogP contribution in [0, 0.1) is 0 Å². The third kappa shape index (κ3) is 5.85. The third-order valence-electron chi connectivity index (χ3n) is 5.14. The molecule has 1 heterocycles. The van der Waals surface area contributed by atoms with E-state index in [-0.39, 0.29) is 33.5 Å². The predicted molar refractivity (Wildman–Crippen MR) is 125 cm³/mol. The number of carbonyl (C=O) groups excluding carboxylic acids is 1. The summed E-state index contributed by atoms with van der Waals surface area (Å²) in [4.78, 5) is 12.7. The predicted octanol–water partition coefficient (Wildman–Crippen LogP) is 2.18. The molecule has 0 radical (unpaired) electrons. The zero-order valence-electron chi connectivity index (χ0n) is 18.3. The van der Waals surface area contributed by atoms with Crippen molar-refractivity contribution in [2.24, 2.45) is 0 Å². The number of benzene rings is 2. The van der Waals surface area contributed by atoms with Gasteiger partial charge in [0.15, 0.2) is 0 Å². The van der Waals surface area contributed by atoms with Gasteiger partial charge in [-0.05, 0) is 55.3 Å². The monoisotopic (exact) mass is 515 g/mol. The smallest absolute Gasteiger partial charge is 0.252 e. The first-order chi connectivity index (χ1) is 15.5. The van der Waals surface area contributed by atoms with Gasteiger partial charge in [0.05, 0.1) is 26.9 Å². The Kier molecular flexibility index (Phi) is 8.01. The topological polar surface area (TPSA) is 113 Å². The molecule has 0 unspecified atom stereocenters. The van der Waals surface area contributed by atoms with Crippen molar-refractivity contribution in [3.63, 3.8) is 0 Å². The summed E-state index contributed by atoms with van der Waals surface area (Å²) in [5.41, 5.74) is 0.0650. The van der Waals surface area contributed by atoms with Gasteiger partial charge in [-0.15, -0.1) is 0 Å². The molecule has 1 fully saturated rings. The molecule has 0 aromatic heterocycles. The van der Waals surface area contributed by atoms with E-state index in [1.165, 1.54) is 60.9 Å². The highest BCUT2D eigenvalue weighted by Gasteiger charge is 2.28. The van der Waals surface area contributed by atoms with Crippen molar-refractivity contribution >= 4 is 37.6 Å². The fourth-order valence-electron chi connectivity index (χ4n) is 3.26. The Morgan fingerprint density at radius 1 is 1.03 bits per heavy atom. The number of nitrogens with zero attached hydrogens (tertiary/aromatic N) is 2. The maximum atomic E-state index is 12.8. The van der Waals surface area contributed by atoms with Crippen LogP contribution >= 0.6 is 11.6 Å². The first kappa shape index (κ1) is 25.4. The van der Waals surface area contributed by atoms with Crippen molar-refractivity contribution in [3.05, 3.63) is 53.1 Å². The highest BCUT2D eigenvalue weighted by molar-refractivity contribution is 7.89. The molecule has 0 saturated carbocycles. The second-order valence-corrected chi connectivity index (χ2v) is 12.1. The Balaban J connectivity index is 1.58. The zero-order valence-corrected chi connectivity index (χ0v) is 20.7. The average molecular weight is 516 g/mol. The second kappa shape index (κ2) is 10.4. The fraction of sp³-hybridized carbons (Fsp3) is 0.381. The Morgan fingerprint density at radius 2 is 1.64 bits per heavy atom. The lowest BCUT2D eigenvalue weighted by Gasteiger charge is -2.16. The number of amides is 1. The quantitative estimate of drug-likeness (QED) is 0.512. The van der Waals surface area contributed by atoms with E-state index in [0.29, 0.717) is 18.8 Å². The molecule has 9 nitrogen and oxygen atoms in total. The molecule has 0 atom stereocenters. The number of carbonyl (C=O) groups is 1. The Labute approximate surface area is 199 Å². The number of hydrogen-bond donors (Lipinski definition) is 1. The molecule has 0 spiro atoms. The molecule has 2 aromatic carbocycles. The molecule has 1 amide bonds. The van der Waals surface area contributed by atoms with E-state index in [1.54, 1.807) is 0 Å². The van der Waals surface area contributed by atoms with Crippen molar-refractivity contribution in [2.45, 2.75) is 22.6 Å². The largest absolute Gasteiger partial charge is 0.492 e. The molecule has 12 heteroatoms. The SMILES string of the molecule is CN(C)S(=O)(=O)c1ccc(OCCNC(=O)c2cc(S(=O)(=O)N3CCCC3)ccc2Cl)cc1. The summed E-state index contributed by atoms with van der Waals surface area (Å²) in [7, 11) is -4.29. The number of ether oxygens (including phenoxy) is 1.